The Hall–Kier alpha value is -2.09. The van der Waals surface area contributed by atoms with Crippen LogP contribution in [0.25, 0.3) is 0 Å². The molecule has 18 heavy (non-hydrogen) atoms. The summed E-state index contributed by atoms with van der Waals surface area (Å²) < 4.78 is 1.52. The van der Waals surface area contributed by atoms with E-state index in [1.165, 1.54) is 34.9 Å². The van der Waals surface area contributed by atoms with E-state index in [1.807, 2.05) is 0 Å². The zero-order chi connectivity index (χ0) is 12.5. The van der Waals surface area contributed by atoms with Crippen molar-refractivity contribution in [3.05, 3.63) is 34.5 Å². The van der Waals surface area contributed by atoms with Crippen LogP contribution in [-0.4, -0.2) is 31.4 Å². The van der Waals surface area contributed by atoms with Crippen molar-refractivity contribution in [2.45, 2.75) is 11.7 Å². The molecule has 2 aromatic rings. The third-order valence-corrected chi connectivity index (χ3v) is 3.53. The minimum atomic E-state index is -0.471. The predicted octanol–water partition coefficient (Wildman–Crippen LogP) is 0.324. The molecular weight excluding hydrogens is 254 g/mol. The number of aromatic nitrogens is 4. The number of thioether (sulfide) groups is 1. The molecule has 1 aliphatic heterocycles. The van der Waals surface area contributed by atoms with Gasteiger partial charge in [-0.25, -0.2) is 4.98 Å². The van der Waals surface area contributed by atoms with Crippen LogP contribution in [0.1, 0.15) is 10.4 Å². The van der Waals surface area contributed by atoms with Crippen molar-refractivity contribution < 1.29 is 4.79 Å². The molecule has 0 spiro atoms. The van der Waals surface area contributed by atoms with E-state index in [4.69, 9.17) is 0 Å². The maximum Gasteiger partial charge on any atom is 0.267 e. The molecule has 0 bridgehead atoms. The standard InChI is InChI=1S/C10H9N5O2S/c16-8(14-6-3-12-13-4-6)7-5-11-10-15(9(7)17)1-2-18-10/h3-5H,1-2H2,(H,12,13)(H,14,16). The van der Waals surface area contributed by atoms with Crippen LogP contribution in [-0.2, 0) is 6.54 Å². The highest BCUT2D eigenvalue weighted by Crippen LogP contribution is 2.20. The number of rotatable bonds is 2. The Labute approximate surface area is 106 Å². The summed E-state index contributed by atoms with van der Waals surface area (Å²) in [6.45, 7) is 0.596. The van der Waals surface area contributed by atoms with Crippen LogP contribution in [0.5, 0.6) is 0 Å². The molecule has 0 saturated heterocycles. The van der Waals surface area contributed by atoms with E-state index in [2.05, 4.69) is 20.5 Å². The summed E-state index contributed by atoms with van der Waals surface area (Å²) in [6, 6.07) is 0. The molecule has 92 valence electrons. The van der Waals surface area contributed by atoms with Crippen molar-refractivity contribution in [3.63, 3.8) is 0 Å². The molecule has 3 rings (SSSR count). The number of hydrogen-bond acceptors (Lipinski definition) is 5. The van der Waals surface area contributed by atoms with Crippen LogP contribution in [0, 0.1) is 0 Å². The maximum absolute atomic E-state index is 12.1. The molecule has 0 aliphatic carbocycles. The summed E-state index contributed by atoms with van der Waals surface area (Å²) in [6.07, 6.45) is 4.32. The molecule has 7 nitrogen and oxygen atoms in total. The third kappa shape index (κ3) is 1.80. The first-order valence-corrected chi connectivity index (χ1v) is 6.27. The fraction of sp³-hybridized carbons (Fsp3) is 0.200. The second kappa shape index (κ2) is 4.30. The Morgan fingerprint density at radius 1 is 1.50 bits per heavy atom. The lowest BCUT2D eigenvalue weighted by Crippen LogP contribution is -2.29. The van der Waals surface area contributed by atoms with Gasteiger partial charge in [0.05, 0.1) is 11.9 Å². The molecule has 0 saturated carbocycles. The van der Waals surface area contributed by atoms with Gasteiger partial charge in [-0.3, -0.25) is 19.3 Å². The number of aromatic amines is 1. The molecule has 2 aromatic heterocycles. The average Bonchev–Trinajstić information content (AvgIpc) is 2.99. The Bertz CT molecular complexity index is 649. The normalized spacial score (nSPS) is 13.3. The second-order valence-electron chi connectivity index (χ2n) is 3.70. The molecule has 0 atom stereocenters. The van der Waals surface area contributed by atoms with Crippen LogP contribution < -0.4 is 10.9 Å². The van der Waals surface area contributed by atoms with E-state index in [-0.39, 0.29) is 11.1 Å². The number of carbonyl (C=O) groups is 1. The highest BCUT2D eigenvalue weighted by Gasteiger charge is 2.20. The number of amides is 1. The zero-order valence-corrected chi connectivity index (χ0v) is 10.0. The lowest BCUT2D eigenvalue weighted by Gasteiger charge is -2.04. The van der Waals surface area contributed by atoms with Gasteiger partial charge >= 0.3 is 0 Å². The number of hydrogen-bond donors (Lipinski definition) is 2. The minimum absolute atomic E-state index is 0.0439. The SMILES string of the molecule is O=C(Nc1cn[nH]c1)c1cnc2n(c1=O)CCS2. The number of nitrogens with zero attached hydrogens (tertiary/aromatic N) is 3. The molecule has 3 heterocycles. The van der Waals surface area contributed by atoms with E-state index in [1.54, 1.807) is 0 Å². The van der Waals surface area contributed by atoms with Crippen LogP contribution in [0.2, 0.25) is 0 Å². The lowest BCUT2D eigenvalue weighted by molar-refractivity contribution is 0.102. The second-order valence-corrected chi connectivity index (χ2v) is 4.76. The molecule has 0 unspecified atom stereocenters. The fourth-order valence-electron chi connectivity index (χ4n) is 1.69. The smallest absolute Gasteiger partial charge is 0.267 e. The van der Waals surface area contributed by atoms with Gasteiger partial charge in [0, 0.05) is 24.7 Å². The van der Waals surface area contributed by atoms with Crippen molar-refractivity contribution in [3.8, 4) is 0 Å². The van der Waals surface area contributed by atoms with E-state index < -0.39 is 5.91 Å². The topological polar surface area (TPSA) is 92.7 Å². The third-order valence-electron chi connectivity index (χ3n) is 2.56. The van der Waals surface area contributed by atoms with Gasteiger partial charge in [-0.2, -0.15) is 5.10 Å². The van der Waals surface area contributed by atoms with Gasteiger partial charge < -0.3 is 5.32 Å². The first-order valence-electron chi connectivity index (χ1n) is 5.28. The van der Waals surface area contributed by atoms with Crippen LogP contribution in [0.4, 0.5) is 5.69 Å². The van der Waals surface area contributed by atoms with E-state index in [0.717, 1.165) is 5.75 Å². The van der Waals surface area contributed by atoms with E-state index in [9.17, 15) is 9.59 Å². The summed E-state index contributed by atoms with van der Waals surface area (Å²) in [7, 11) is 0. The van der Waals surface area contributed by atoms with Gasteiger partial charge in [0.25, 0.3) is 11.5 Å². The van der Waals surface area contributed by atoms with Crippen molar-refractivity contribution in [1.29, 1.82) is 0 Å². The Balaban J connectivity index is 1.93. The molecule has 2 N–H and O–H groups in total. The number of fused-ring (bicyclic) bond motifs is 1. The Morgan fingerprint density at radius 3 is 3.17 bits per heavy atom. The van der Waals surface area contributed by atoms with Crippen molar-refractivity contribution in [2.75, 3.05) is 11.1 Å². The summed E-state index contributed by atoms with van der Waals surface area (Å²) in [5.41, 5.74) is 0.257. The summed E-state index contributed by atoms with van der Waals surface area (Å²) in [5, 5.41) is 9.53. The van der Waals surface area contributed by atoms with Crippen LogP contribution >= 0.6 is 11.8 Å². The van der Waals surface area contributed by atoms with Gasteiger partial charge in [-0.15, -0.1) is 0 Å². The van der Waals surface area contributed by atoms with Crippen LogP contribution in [0.15, 0.2) is 28.5 Å². The maximum atomic E-state index is 12.1. The monoisotopic (exact) mass is 263 g/mol. The lowest BCUT2D eigenvalue weighted by atomic mass is 10.3. The molecule has 1 aliphatic rings. The first kappa shape index (κ1) is 11.0. The minimum Gasteiger partial charge on any atom is -0.319 e. The molecule has 0 aromatic carbocycles. The molecule has 0 radical (unpaired) electrons. The van der Waals surface area contributed by atoms with Gasteiger partial charge in [-0.05, 0) is 0 Å². The summed E-state index contributed by atoms with van der Waals surface area (Å²) in [5.74, 6) is 0.343. The number of carbonyl (C=O) groups excluding carboxylic acids is 1. The van der Waals surface area contributed by atoms with Gasteiger partial charge in [-0.1, -0.05) is 11.8 Å². The first-order chi connectivity index (χ1) is 8.75. The number of H-pyrrole nitrogens is 1. The quantitative estimate of drug-likeness (QED) is 0.761. The van der Waals surface area contributed by atoms with Gasteiger partial charge in [0.2, 0.25) is 0 Å². The fourth-order valence-corrected chi connectivity index (χ4v) is 2.60. The molecule has 0 fully saturated rings. The van der Waals surface area contributed by atoms with Crippen molar-refractivity contribution >= 4 is 23.4 Å². The summed E-state index contributed by atoms with van der Waals surface area (Å²) >= 11 is 1.51. The average molecular weight is 263 g/mol. The number of nitrogens with one attached hydrogen (secondary N) is 2. The molecular formula is C10H9N5O2S. The summed E-state index contributed by atoms with van der Waals surface area (Å²) in [4.78, 5) is 28.1. The van der Waals surface area contributed by atoms with Gasteiger partial charge in [0.1, 0.15) is 5.56 Å². The predicted molar refractivity (Wildman–Crippen MR) is 65.8 cm³/mol. The van der Waals surface area contributed by atoms with Gasteiger partial charge in [0.15, 0.2) is 5.16 Å². The van der Waals surface area contributed by atoms with E-state index >= 15 is 0 Å². The molecule has 8 heteroatoms. The zero-order valence-electron chi connectivity index (χ0n) is 9.21. The van der Waals surface area contributed by atoms with E-state index in [0.29, 0.717) is 17.4 Å². The Morgan fingerprint density at radius 2 is 2.39 bits per heavy atom. The number of anilines is 1. The molecule has 1 amide bonds. The van der Waals surface area contributed by atoms with Crippen LogP contribution in [0.3, 0.4) is 0 Å². The van der Waals surface area contributed by atoms with Crippen molar-refractivity contribution in [1.82, 2.24) is 19.7 Å². The largest absolute Gasteiger partial charge is 0.319 e. The highest BCUT2D eigenvalue weighted by atomic mass is 32.2. The highest BCUT2D eigenvalue weighted by molar-refractivity contribution is 7.99. The Kier molecular flexibility index (Phi) is 2.63. The van der Waals surface area contributed by atoms with Crippen molar-refractivity contribution in [2.24, 2.45) is 0 Å².